The Bertz CT molecular complexity index is 3890. The quantitative estimate of drug-likeness (QED) is 0.146. The molecule has 0 aliphatic rings. The molecule has 0 saturated carbocycles. The van der Waals surface area contributed by atoms with E-state index < -0.39 is 0 Å². The smallest absolute Gasteiger partial charge is 0.00259 e. The van der Waals surface area contributed by atoms with Crippen molar-refractivity contribution in [3.63, 3.8) is 0 Å². The van der Waals surface area contributed by atoms with Crippen LogP contribution < -0.4 is 0 Å². The van der Waals surface area contributed by atoms with Gasteiger partial charge in [-0.25, -0.2) is 0 Å². The molecule has 0 aromatic heterocycles. The Labute approximate surface area is 384 Å². The first-order valence-electron chi connectivity index (χ1n) is 22.9. The molecule has 13 rings (SSSR count). The summed E-state index contributed by atoms with van der Waals surface area (Å²) in [6.45, 7) is 0. The van der Waals surface area contributed by atoms with Gasteiger partial charge < -0.3 is 0 Å². The van der Waals surface area contributed by atoms with Gasteiger partial charge in [0.1, 0.15) is 0 Å². The van der Waals surface area contributed by atoms with Crippen LogP contribution in [0.5, 0.6) is 0 Å². The number of fused-ring (bicyclic) bond motifs is 6. The normalized spacial score (nSPS) is 11.6. The third kappa shape index (κ3) is 6.38. The maximum Gasteiger partial charge on any atom is -0.00259 e. The van der Waals surface area contributed by atoms with Crippen LogP contribution in [0.4, 0.5) is 0 Å². The molecule has 0 fully saturated rings. The van der Waals surface area contributed by atoms with Crippen molar-refractivity contribution in [2.75, 3.05) is 0 Å². The summed E-state index contributed by atoms with van der Waals surface area (Å²) in [6.07, 6.45) is 0. The Morgan fingerprint density at radius 3 is 0.879 bits per heavy atom. The zero-order chi connectivity index (χ0) is 43.6. The SMILES string of the molecule is c1ccc2cc(-c3cc(-c4cccc5ccccc45)cc(-c4c5ccccc5c(-c5cc(-c6cccc7ccccc67)cc(-c6cccc7ccccc67)c5)c5ccccc45)c3)ccc2c1. The van der Waals surface area contributed by atoms with Crippen molar-refractivity contribution < 1.29 is 0 Å². The van der Waals surface area contributed by atoms with Gasteiger partial charge in [0.15, 0.2) is 0 Å². The van der Waals surface area contributed by atoms with Crippen molar-refractivity contribution in [1.82, 2.24) is 0 Å². The second-order valence-corrected chi connectivity index (χ2v) is 17.6. The highest BCUT2D eigenvalue weighted by atomic mass is 14.2. The highest BCUT2D eigenvalue weighted by molar-refractivity contribution is 6.22. The second kappa shape index (κ2) is 15.6. The Kier molecular flexibility index (Phi) is 8.96. The summed E-state index contributed by atoms with van der Waals surface area (Å²) < 4.78 is 0. The average molecular weight is 835 g/mol. The van der Waals surface area contributed by atoms with Crippen molar-refractivity contribution in [3.05, 3.63) is 255 Å². The first-order valence-corrected chi connectivity index (χ1v) is 22.9. The summed E-state index contributed by atoms with van der Waals surface area (Å²) in [5.41, 5.74) is 14.6. The third-order valence-electron chi connectivity index (χ3n) is 13.8. The third-order valence-corrected chi connectivity index (χ3v) is 13.8. The van der Waals surface area contributed by atoms with E-state index in [9.17, 15) is 0 Å². The summed E-state index contributed by atoms with van der Waals surface area (Å²) in [5, 5.41) is 14.9. The molecule has 0 N–H and O–H groups in total. The van der Waals surface area contributed by atoms with E-state index in [2.05, 4.69) is 255 Å². The van der Waals surface area contributed by atoms with Gasteiger partial charge in [-0.3, -0.25) is 0 Å². The van der Waals surface area contributed by atoms with Gasteiger partial charge in [0.2, 0.25) is 0 Å². The second-order valence-electron chi connectivity index (χ2n) is 17.6. The Morgan fingerprint density at radius 1 is 0.152 bits per heavy atom. The van der Waals surface area contributed by atoms with E-state index in [4.69, 9.17) is 0 Å². The molecule has 0 radical (unpaired) electrons. The Balaban J connectivity index is 1.10. The fraction of sp³-hybridized carbons (Fsp3) is 0. The minimum absolute atomic E-state index is 1.20. The van der Waals surface area contributed by atoms with E-state index in [1.807, 2.05) is 0 Å². The van der Waals surface area contributed by atoms with E-state index >= 15 is 0 Å². The molecule has 0 unspecified atom stereocenters. The van der Waals surface area contributed by atoms with Crippen LogP contribution in [-0.4, -0.2) is 0 Å². The summed E-state index contributed by atoms with van der Waals surface area (Å²) in [4.78, 5) is 0. The largest absolute Gasteiger partial charge is 0.0616 e. The van der Waals surface area contributed by atoms with Gasteiger partial charge in [0.05, 0.1) is 0 Å². The van der Waals surface area contributed by atoms with Crippen molar-refractivity contribution in [3.8, 4) is 66.8 Å². The number of rotatable bonds is 6. The topological polar surface area (TPSA) is 0 Å². The predicted octanol–water partition coefficient (Wildman–Crippen LogP) is 18.6. The highest BCUT2D eigenvalue weighted by Gasteiger charge is 2.21. The van der Waals surface area contributed by atoms with Crippen LogP contribution in [0.3, 0.4) is 0 Å². The van der Waals surface area contributed by atoms with Crippen LogP contribution in [0, 0.1) is 0 Å². The zero-order valence-corrected chi connectivity index (χ0v) is 36.2. The molecular weight excluding hydrogens is 793 g/mol. The van der Waals surface area contributed by atoms with Gasteiger partial charge >= 0.3 is 0 Å². The van der Waals surface area contributed by atoms with E-state index in [0.29, 0.717) is 0 Å². The van der Waals surface area contributed by atoms with Gasteiger partial charge in [-0.05, 0) is 174 Å². The maximum absolute atomic E-state index is 2.43. The molecular formula is C66H42. The highest BCUT2D eigenvalue weighted by Crippen LogP contribution is 2.48. The van der Waals surface area contributed by atoms with Gasteiger partial charge in [0.25, 0.3) is 0 Å². The van der Waals surface area contributed by atoms with Crippen LogP contribution >= 0.6 is 0 Å². The number of benzene rings is 13. The van der Waals surface area contributed by atoms with Crippen molar-refractivity contribution >= 4 is 64.6 Å². The molecule has 306 valence electrons. The molecule has 66 heavy (non-hydrogen) atoms. The number of hydrogen-bond donors (Lipinski definition) is 0. The minimum atomic E-state index is 1.20. The molecule has 0 atom stereocenters. The molecule has 0 nitrogen and oxygen atoms in total. The molecule has 13 aromatic rings. The van der Waals surface area contributed by atoms with Crippen molar-refractivity contribution in [2.45, 2.75) is 0 Å². The van der Waals surface area contributed by atoms with Crippen LogP contribution in [0.25, 0.3) is 131 Å². The predicted molar refractivity (Wildman–Crippen MR) is 284 cm³/mol. The van der Waals surface area contributed by atoms with Crippen LogP contribution in [0.15, 0.2) is 255 Å². The Hall–Kier alpha value is -8.58. The van der Waals surface area contributed by atoms with E-state index in [1.54, 1.807) is 0 Å². The monoisotopic (exact) mass is 834 g/mol. The summed E-state index contributed by atoms with van der Waals surface area (Å²) >= 11 is 0. The molecule has 13 aromatic carbocycles. The Morgan fingerprint density at radius 2 is 0.455 bits per heavy atom. The lowest BCUT2D eigenvalue weighted by Gasteiger charge is -2.21. The van der Waals surface area contributed by atoms with E-state index in [0.717, 1.165) is 0 Å². The van der Waals surface area contributed by atoms with Gasteiger partial charge in [-0.2, -0.15) is 0 Å². The first-order chi connectivity index (χ1) is 32.7. The lowest BCUT2D eigenvalue weighted by Crippen LogP contribution is -1.94. The van der Waals surface area contributed by atoms with Crippen LogP contribution in [0.2, 0.25) is 0 Å². The fourth-order valence-electron chi connectivity index (χ4n) is 10.7. The zero-order valence-electron chi connectivity index (χ0n) is 36.2. The fourth-order valence-corrected chi connectivity index (χ4v) is 10.7. The molecule has 0 spiro atoms. The maximum atomic E-state index is 2.43. The molecule has 0 aliphatic carbocycles. The van der Waals surface area contributed by atoms with Crippen LogP contribution in [-0.2, 0) is 0 Å². The minimum Gasteiger partial charge on any atom is -0.0616 e. The van der Waals surface area contributed by atoms with Crippen molar-refractivity contribution in [2.24, 2.45) is 0 Å². The summed E-state index contributed by atoms with van der Waals surface area (Å²) in [7, 11) is 0. The van der Waals surface area contributed by atoms with Gasteiger partial charge in [-0.15, -0.1) is 0 Å². The molecule has 0 heteroatoms. The molecule has 0 bridgehead atoms. The van der Waals surface area contributed by atoms with Crippen LogP contribution in [0.1, 0.15) is 0 Å². The molecule has 0 heterocycles. The standard InChI is InChI=1S/C66H42/c1-2-20-47-36-48(35-34-43(47)16-1)49-37-50(58-31-13-21-44-17-3-6-24-55(44)58)40-53(38-49)65-61-27-9-11-29-63(61)66(64-30-12-10-28-62(64)65)54-41-51(59-32-14-22-45-18-4-7-25-56(45)59)39-52(42-54)60-33-15-23-46-19-5-8-26-57(46)60/h1-42H. The summed E-state index contributed by atoms with van der Waals surface area (Å²) in [6, 6.07) is 94.6. The molecule has 0 saturated heterocycles. The van der Waals surface area contributed by atoms with E-state index in [1.165, 1.54) is 131 Å². The summed E-state index contributed by atoms with van der Waals surface area (Å²) in [5.74, 6) is 0. The average Bonchev–Trinajstić information content (AvgIpc) is 3.39. The van der Waals surface area contributed by atoms with Gasteiger partial charge in [-0.1, -0.05) is 212 Å². The van der Waals surface area contributed by atoms with Gasteiger partial charge in [0, 0.05) is 0 Å². The number of hydrogen-bond acceptors (Lipinski definition) is 0. The molecule has 0 amide bonds. The van der Waals surface area contributed by atoms with Crippen molar-refractivity contribution in [1.29, 1.82) is 0 Å². The molecule has 0 aliphatic heterocycles. The lowest BCUT2D eigenvalue weighted by molar-refractivity contribution is 1.60. The first kappa shape index (κ1) is 37.9. The van der Waals surface area contributed by atoms with E-state index in [-0.39, 0.29) is 0 Å². The lowest BCUT2D eigenvalue weighted by atomic mass is 9.82.